The van der Waals surface area contributed by atoms with E-state index in [0.717, 1.165) is 0 Å². The second-order valence-electron chi connectivity index (χ2n) is 5.97. The second kappa shape index (κ2) is 13.3. The number of nitrogens with one attached hydrogen (secondary N) is 3. The molecule has 0 aliphatic heterocycles. The number of aliphatic carboxylic acids is 1. The Morgan fingerprint density at radius 1 is 1.04 bits per heavy atom. The lowest BCUT2D eigenvalue weighted by molar-refractivity contribution is -0.138. The van der Waals surface area contributed by atoms with Crippen molar-refractivity contribution in [3.8, 4) is 0 Å². The minimum absolute atomic E-state index is 0.0755. The minimum Gasteiger partial charge on any atom is -0.480 e. The molecule has 4 unspecified atom stereocenters. The molecule has 12 heteroatoms. The lowest BCUT2D eigenvalue weighted by atomic mass is 10.1. The van der Waals surface area contributed by atoms with Crippen molar-refractivity contribution in [2.24, 2.45) is 11.5 Å². The number of nitrogens with two attached hydrogens (primary N) is 2. The first-order chi connectivity index (χ1) is 12.6. The molecule has 0 aromatic heterocycles. The number of hydrogen-bond acceptors (Lipinski definition) is 8. The summed E-state index contributed by atoms with van der Waals surface area (Å²) in [7, 11) is 0. The van der Waals surface area contributed by atoms with Crippen molar-refractivity contribution in [1.82, 2.24) is 16.0 Å². The van der Waals surface area contributed by atoms with Gasteiger partial charge >= 0.3 is 5.97 Å². The van der Waals surface area contributed by atoms with E-state index >= 15 is 0 Å². The molecular weight excluding hydrogens is 378 g/mol. The molecular formula is C15H29N5O6S. The third kappa shape index (κ3) is 10.1. The molecule has 9 N–H and O–H groups in total. The highest BCUT2D eigenvalue weighted by Gasteiger charge is 2.28. The summed E-state index contributed by atoms with van der Waals surface area (Å²) in [4.78, 5) is 47.0. The monoisotopic (exact) mass is 407 g/mol. The fourth-order valence-electron chi connectivity index (χ4n) is 2.00. The predicted molar refractivity (Wildman–Crippen MR) is 101 cm³/mol. The lowest BCUT2D eigenvalue weighted by Crippen LogP contribution is -2.57. The van der Waals surface area contributed by atoms with Crippen molar-refractivity contribution in [3.05, 3.63) is 0 Å². The molecule has 0 saturated carbocycles. The number of carboxylic acids is 1. The second-order valence-corrected chi connectivity index (χ2v) is 6.33. The van der Waals surface area contributed by atoms with Crippen LogP contribution in [0.25, 0.3) is 0 Å². The van der Waals surface area contributed by atoms with Gasteiger partial charge < -0.3 is 37.6 Å². The molecule has 0 aromatic carbocycles. The summed E-state index contributed by atoms with van der Waals surface area (Å²) in [6, 6.07) is -3.29. The van der Waals surface area contributed by atoms with E-state index in [0.29, 0.717) is 19.4 Å². The lowest BCUT2D eigenvalue weighted by Gasteiger charge is -2.24. The van der Waals surface area contributed by atoms with Crippen molar-refractivity contribution < 1.29 is 29.4 Å². The quantitative estimate of drug-likeness (QED) is 0.116. The van der Waals surface area contributed by atoms with Gasteiger partial charge in [0.1, 0.15) is 24.7 Å². The Balaban J connectivity index is 5.00. The van der Waals surface area contributed by atoms with E-state index in [4.69, 9.17) is 16.6 Å². The van der Waals surface area contributed by atoms with Gasteiger partial charge in [-0.1, -0.05) is 0 Å². The van der Waals surface area contributed by atoms with E-state index in [9.17, 15) is 24.3 Å². The van der Waals surface area contributed by atoms with Crippen molar-refractivity contribution in [1.29, 1.82) is 0 Å². The SMILES string of the molecule is CC(O)C(N)C(=O)NC(CCCCN)C(=O)NC(CS)C(=O)NCC(=O)O. The summed E-state index contributed by atoms with van der Waals surface area (Å²) < 4.78 is 0. The molecule has 0 aliphatic rings. The summed E-state index contributed by atoms with van der Waals surface area (Å²) in [5.41, 5.74) is 11.0. The summed E-state index contributed by atoms with van der Waals surface area (Å²) >= 11 is 3.98. The van der Waals surface area contributed by atoms with Crippen LogP contribution in [0, 0.1) is 0 Å². The van der Waals surface area contributed by atoms with Gasteiger partial charge in [0.2, 0.25) is 17.7 Å². The van der Waals surface area contributed by atoms with E-state index in [-0.39, 0.29) is 12.2 Å². The highest BCUT2D eigenvalue weighted by molar-refractivity contribution is 7.80. The van der Waals surface area contributed by atoms with Gasteiger partial charge in [-0.25, -0.2) is 0 Å². The van der Waals surface area contributed by atoms with Gasteiger partial charge in [-0.05, 0) is 32.7 Å². The average molecular weight is 407 g/mol. The van der Waals surface area contributed by atoms with Crippen LogP contribution in [-0.2, 0) is 19.2 Å². The van der Waals surface area contributed by atoms with Crippen LogP contribution in [0.15, 0.2) is 0 Å². The van der Waals surface area contributed by atoms with E-state index in [2.05, 4.69) is 28.6 Å². The summed E-state index contributed by atoms with van der Waals surface area (Å²) in [5.74, 6) is -3.38. The Labute approximate surface area is 163 Å². The molecule has 156 valence electrons. The molecule has 4 atom stereocenters. The highest BCUT2D eigenvalue weighted by Crippen LogP contribution is 2.03. The Bertz CT molecular complexity index is 519. The van der Waals surface area contributed by atoms with Crippen LogP contribution in [0.1, 0.15) is 26.2 Å². The largest absolute Gasteiger partial charge is 0.480 e. The number of aliphatic hydroxyl groups is 1. The van der Waals surface area contributed by atoms with Gasteiger partial charge in [0.25, 0.3) is 0 Å². The maximum absolute atomic E-state index is 12.5. The standard InChI is InChI=1S/C15H29N5O6S/c1-8(21)12(17)15(26)19-9(4-2-3-5-16)14(25)20-10(7-27)13(24)18-6-11(22)23/h8-10,12,21,27H,2-7,16-17H2,1H3,(H,18,24)(H,19,26)(H,20,25)(H,22,23). The third-order valence-electron chi connectivity index (χ3n) is 3.63. The van der Waals surface area contributed by atoms with Gasteiger partial charge in [-0.15, -0.1) is 0 Å². The zero-order valence-electron chi connectivity index (χ0n) is 15.2. The Morgan fingerprint density at radius 3 is 2.11 bits per heavy atom. The number of unbranched alkanes of at least 4 members (excludes halogenated alkanes) is 1. The molecule has 27 heavy (non-hydrogen) atoms. The van der Waals surface area contributed by atoms with Gasteiger partial charge in [0, 0.05) is 5.75 Å². The van der Waals surface area contributed by atoms with E-state index in [1.807, 2.05) is 0 Å². The van der Waals surface area contributed by atoms with Crippen LogP contribution in [0.5, 0.6) is 0 Å². The van der Waals surface area contributed by atoms with Gasteiger partial charge in [0.05, 0.1) is 6.10 Å². The summed E-state index contributed by atoms with van der Waals surface area (Å²) in [6.45, 7) is 1.16. The van der Waals surface area contributed by atoms with Crippen LogP contribution >= 0.6 is 12.6 Å². The van der Waals surface area contributed by atoms with Crippen LogP contribution in [0.3, 0.4) is 0 Å². The first-order valence-corrected chi connectivity index (χ1v) is 9.12. The Hall–Kier alpha value is -1.89. The van der Waals surface area contributed by atoms with Gasteiger partial charge in [-0.3, -0.25) is 19.2 Å². The molecule has 11 nitrogen and oxygen atoms in total. The molecule has 3 amide bonds. The zero-order valence-corrected chi connectivity index (χ0v) is 16.1. The molecule has 0 radical (unpaired) electrons. The van der Waals surface area contributed by atoms with E-state index in [1.165, 1.54) is 6.92 Å². The first-order valence-electron chi connectivity index (χ1n) is 8.48. The number of carbonyl (C=O) groups is 4. The van der Waals surface area contributed by atoms with Crippen molar-refractivity contribution in [2.45, 2.75) is 50.4 Å². The maximum Gasteiger partial charge on any atom is 0.322 e. The van der Waals surface area contributed by atoms with Crippen LogP contribution in [0.2, 0.25) is 0 Å². The van der Waals surface area contributed by atoms with Crippen molar-refractivity contribution in [2.75, 3.05) is 18.8 Å². The molecule has 0 aromatic rings. The molecule has 0 saturated heterocycles. The number of hydrogen-bond donors (Lipinski definition) is 8. The Kier molecular flexibility index (Phi) is 12.4. The fourth-order valence-corrected chi connectivity index (χ4v) is 2.26. The van der Waals surface area contributed by atoms with E-state index < -0.39 is 54.5 Å². The molecule has 0 heterocycles. The number of thiol groups is 1. The number of carboxylic acid groups (broad SMARTS) is 1. The first kappa shape index (κ1) is 25.1. The predicted octanol–water partition coefficient (Wildman–Crippen LogP) is -3.08. The third-order valence-corrected chi connectivity index (χ3v) is 4.00. The molecule has 0 fully saturated rings. The highest BCUT2D eigenvalue weighted by atomic mass is 32.1. The maximum atomic E-state index is 12.5. The number of rotatable bonds is 13. The van der Waals surface area contributed by atoms with Gasteiger partial charge in [-0.2, -0.15) is 12.6 Å². The molecule has 0 spiro atoms. The number of aliphatic hydroxyl groups excluding tert-OH is 1. The smallest absolute Gasteiger partial charge is 0.322 e. The van der Waals surface area contributed by atoms with Crippen LogP contribution in [-0.4, -0.2) is 77.0 Å². The topological polar surface area (TPSA) is 197 Å². The van der Waals surface area contributed by atoms with Crippen molar-refractivity contribution >= 4 is 36.3 Å². The summed E-state index contributed by atoms with van der Waals surface area (Å²) in [5, 5.41) is 25.0. The zero-order chi connectivity index (χ0) is 21.0. The molecule has 0 bridgehead atoms. The Morgan fingerprint density at radius 2 is 1.63 bits per heavy atom. The van der Waals surface area contributed by atoms with Gasteiger partial charge in [0.15, 0.2) is 0 Å². The molecule has 0 rings (SSSR count). The number of amides is 3. The van der Waals surface area contributed by atoms with Crippen LogP contribution in [0.4, 0.5) is 0 Å². The normalized spacial score (nSPS) is 15.1. The summed E-state index contributed by atoms with van der Waals surface area (Å²) in [6.07, 6.45) is 0.300. The van der Waals surface area contributed by atoms with Crippen LogP contribution < -0.4 is 27.4 Å². The molecule has 0 aliphatic carbocycles. The average Bonchev–Trinajstić information content (AvgIpc) is 2.62. The number of carbonyl (C=O) groups excluding carboxylic acids is 3. The van der Waals surface area contributed by atoms with Crippen molar-refractivity contribution in [3.63, 3.8) is 0 Å². The van der Waals surface area contributed by atoms with E-state index in [1.54, 1.807) is 0 Å². The minimum atomic E-state index is -1.23. The fraction of sp³-hybridized carbons (Fsp3) is 0.733.